The molecule has 29 heavy (non-hydrogen) atoms. The number of allylic oxidation sites excluding steroid dienone is 1. The smallest absolute Gasteiger partial charge is 0.0427 e. The van der Waals surface area contributed by atoms with Gasteiger partial charge >= 0.3 is 0 Å². The van der Waals surface area contributed by atoms with Crippen LogP contribution in [0, 0.1) is 0 Å². The van der Waals surface area contributed by atoms with Crippen LogP contribution in [-0.2, 0) is 0 Å². The Labute approximate surface area is 176 Å². The molecule has 0 saturated heterocycles. The summed E-state index contributed by atoms with van der Waals surface area (Å²) in [6.45, 7) is 6.65. The Balaban J connectivity index is 1.60. The van der Waals surface area contributed by atoms with Gasteiger partial charge < -0.3 is 0 Å². The van der Waals surface area contributed by atoms with E-state index in [1.807, 2.05) is 11.3 Å². The zero-order valence-corrected chi connectivity index (χ0v) is 17.8. The monoisotopic (exact) mass is 394 g/mol. The van der Waals surface area contributed by atoms with Crippen LogP contribution in [0.5, 0.6) is 0 Å². The fourth-order valence-corrected chi connectivity index (χ4v) is 5.57. The lowest BCUT2D eigenvalue weighted by atomic mass is 9.97. The molecule has 0 fully saturated rings. The maximum atomic E-state index is 4.39. The fraction of sp³-hybridized carbons (Fsp3) is 0.214. The van der Waals surface area contributed by atoms with Gasteiger partial charge in [0.1, 0.15) is 0 Å². The standard InChI is InChI=1S/C28H26S/c1-3-4-5-6-9-19(2)27-18-23-13-14-24-25(28(23)29-27)15-12-22-16-20-10-7-8-11-21(20)17-26(22)24/h7-8,10-18H,2-6,9H2,1H3. The van der Waals surface area contributed by atoms with Crippen LogP contribution in [0.2, 0.25) is 0 Å². The molecule has 0 bridgehead atoms. The van der Waals surface area contributed by atoms with Crippen molar-refractivity contribution < 1.29 is 0 Å². The summed E-state index contributed by atoms with van der Waals surface area (Å²) in [6.07, 6.45) is 6.28. The Bertz CT molecular complexity index is 1350. The molecular weight excluding hydrogens is 368 g/mol. The molecule has 5 rings (SSSR count). The maximum absolute atomic E-state index is 4.39. The molecule has 0 nitrogen and oxygen atoms in total. The summed E-state index contributed by atoms with van der Waals surface area (Å²) in [6, 6.07) is 24.8. The van der Waals surface area contributed by atoms with Crippen molar-refractivity contribution >= 4 is 59.3 Å². The minimum atomic E-state index is 1.11. The molecule has 1 aromatic heterocycles. The lowest BCUT2D eigenvalue weighted by Crippen LogP contribution is -1.80. The van der Waals surface area contributed by atoms with Crippen molar-refractivity contribution in [3.05, 3.63) is 78.2 Å². The predicted molar refractivity (Wildman–Crippen MR) is 132 cm³/mol. The van der Waals surface area contributed by atoms with Gasteiger partial charge in [-0.3, -0.25) is 0 Å². The van der Waals surface area contributed by atoms with Crippen LogP contribution in [0.4, 0.5) is 0 Å². The molecule has 1 heterocycles. The SMILES string of the molecule is C=C(CCCCCC)c1cc2ccc3c4cc5ccccc5cc4ccc3c2s1. The summed E-state index contributed by atoms with van der Waals surface area (Å²) in [7, 11) is 0. The first-order valence-corrected chi connectivity index (χ1v) is 11.5. The van der Waals surface area contributed by atoms with Gasteiger partial charge in [0.15, 0.2) is 0 Å². The molecule has 0 unspecified atom stereocenters. The molecule has 0 atom stereocenters. The lowest BCUT2D eigenvalue weighted by molar-refractivity contribution is 0.679. The van der Waals surface area contributed by atoms with E-state index in [4.69, 9.17) is 0 Å². The molecular formula is C28H26S. The molecule has 0 N–H and O–H groups in total. The molecule has 144 valence electrons. The number of thiophene rings is 1. The van der Waals surface area contributed by atoms with E-state index in [0.717, 1.165) is 6.42 Å². The summed E-state index contributed by atoms with van der Waals surface area (Å²) < 4.78 is 1.39. The second kappa shape index (κ2) is 7.65. The molecule has 0 saturated carbocycles. The number of unbranched alkanes of at least 4 members (excludes halogenated alkanes) is 3. The second-order valence-electron chi connectivity index (χ2n) is 8.09. The molecule has 0 aliphatic carbocycles. The average molecular weight is 395 g/mol. The summed E-state index contributed by atoms with van der Waals surface area (Å²) >= 11 is 1.91. The largest absolute Gasteiger partial charge is 0.135 e. The predicted octanol–water partition coefficient (Wildman–Crippen LogP) is 9.34. The van der Waals surface area contributed by atoms with E-state index < -0.39 is 0 Å². The molecule has 0 radical (unpaired) electrons. The van der Waals surface area contributed by atoms with Crippen LogP contribution in [0.1, 0.15) is 43.9 Å². The van der Waals surface area contributed by atoms with E-state index in [0.29, 0.717) is 0 Å². The van der Waals surface area contributed by atoms with Crippen molar-refractivity contribution in [1.29, 1.82) is 0 Å². The van der Waals surface area contributed by atoms with Gasteiger partial charge in [0, 0.05) is 15.0 Å². The van der Waals surface area contributed by atoms with Gasteiger partial charge in [0.05, 0.1) is 0 Å². The topological polar surface area (TPSA) is 0 Å². The molecule has 0 aliphatic rings. The van der Waals surface area contributed by atoms with Crippen LogP contribution < -0.4 is 0 Å². The summed E-state index contributed by atoms with van der Waals surface area (Å²) in [5, 5.41) is 9.32. The Hall–Kier alpha value is -2.64. The molecule has 0 amide bonds. The van der Waals surface area contributed by atoms with E-state index in [1.54, 1.807) is 0 Å². The number of hydrogen-bond donors (Lipinski definition) is 0. The minimum absolute atomic E-state index is 1.11. The van der Waals surface area contributed by atoms with E-state index in [9.17, 15) is 0 Å². The Morgan fingerprint density at radius 2 is 1.48 bits per heavy atom. The van der Waals surface area contributed by atoms with Crippen LogP contribution in [-0.4, -0.2) is 0 Å². The third-order valence-corrected chi connectivity index (χ3v) is 7.33. The lowest BCUT2D eigenvalue weighted by Gasteiger charge is -2.07. The fourth-order valence-electron chi connectivity index (χ4n) is 4.39. The van der Waals surface area contributed by atoms with Gasteiger partial charge in [0.2, 0.25) is 0 Å². The van der Waals surface area contributed by atoms with Crippen LogP contribution in [0.15, 0.2) is 73.3 Å². The van der Waals surface area contributed by atoms with Crippen molar-refractivity contribution in [3.63, 3.8) is 0 Å². The number of fused-ring (bicyclic) bond motifs is 6. The Kier molecular flexibility index (Phi) is 4.85. The van der Waals surface area contributed by atoms with Crippen LogP contribution in [0.25, 0.3) is 48.0 Å². The minimum Gasteiger partial charge on any atom is -0.135 e. The zero-order chi connectivity index (χ0) is 19.8. The zero-order valence-electron chi connectivity index (χ0n) is 17.0. The highest BCUT2D eigenvalue weighted by Crippen LogP contribution is 2.39. The second-order valence-corrected chi connectivity index (χ2v) is 9.14. The highest BCUT2D eigenvalue weighted by Gasteiger charge is 2.10. The normalized spacial score (nSPS) is 11.8. The molecule has 5 aromatic rings. The number of rotatable bonds is 6. The van der Waals surface area contributed by atoms with Gasteiger partial charge in [-0.05, 0) is 68.9 Å². The average Bonchev–Trinajstić information content (AvgIpc) is 3.20. The quantitative estimate of drug-likeness (QED) is 0.153. The molecule has 0 aliphatic heterocycles. The van der Waals surface area contributed by atoms with Crippen LogP contribution in [0.3, 0.4) is 0 Å². The third-order valence-electron chi connectivity index (χ3n) is 6.04. The Morgan fingerprint density at radius 1 is 0.724 bits per heavy atom. The van der Waals surface area contributed by atoms with Crippen molar-refractivity contribution in [2.24, 2.45) is 0 Å². The van der Waals surface area contributed by atoms with Gasteiger partial charge in [-0.2, -0.15) is 0 Å². The molecule has 4 aromatic carbocycles. The van der Waals surface area contributed by atoms with Crippen LogP contribution >= 0.6 is 11.3 Å². The van der Waals surface area contributed by atoms with E-state index in [2.05, 4.69) is 80.2 Å². The summed E-state index contributed by atoms with van der Waals surface area (Å²) in [4.78, 5) is 1.35. The van der Waals surface area contributed by atoms with Gasteiger partial charge in [-0.25, -0.2) is 0 Å². The number of benzene rings is 4. The number of hydrogen-bond acceptors (Lipinski definition) is 1. The Morgan fingerprint density at radius 3 is 2.31 bits per heavy atom. The van der Waals surface area contributed by atoms with E-state index in [1.165, 1.54) is 78.5 Å². The van der Waals surface area contributed by atoms with E-state index in [-0.39, 0.29) is 0 Å². The van der Waals surface area contributed by atoms with Crippen molar-refractivity contribution in [1.82, 2.24) is 0 Å². The van der Waals surface area contributed by atoms with Gasteiger partial charge in [-0.15, -0.1) is 11.3 Å². The highest BCUT2D eigenvalue weighted by molar-refractivity contribution is 7.21. The third kappa shape index (κ3) is 3.34. The van der Waals surface area contributed by atoms with Crippen molar-refractivity contribution in [2.45, 2.75) is 39.0 Å². The highest BCUT2D eigenvalue weighted by atomic mass is 32.1. The van der Waals surface area contributed by atoms with Crippen molar-refractivity contribution in [3.8, 4) is 0 Å². The van der Waals surface area contributed by atoms with E-state index >= 15 is 0 Å². The summed E-state index contributed by atoms with van der Waals surface area (Å²) in [5.74, 6) is 0. The first-order chi connectivity index (χ1) is 14.2. The van der Waals surface area contributed by atoms with Crippen molar-refractivity contribution in [2.75, 3.05) is 0 Å². The van der Waals surface area contributed by atoms with Gasteiger partial charge in [-0.1, -0.05) is 81.3 Å². The first-order valence-electron chi connectivity index (χ1n) is 10.7. The maximum Gasteiger partial charge on any atom is 0.0427 e. The summed E-state index contributed by atoms with van der Waals surface area (Å²) in [5.41, 5.74) is 1.29. The van der Waals surface area contributed by atoms with Gasteiger partial charge in [0.25, 0.3) is 0 Å². The molecule has 0 spiro atoms. The first kappa shape index (κ1) is 18.4. The molecule has 1 heteroatoms.